The van der Waals surface area contributed by atoms with E-state index in [0.717, 1.165) is 0 Å². The van der Waals surface area contributed by atoms with Crippen molar-refractivity contribution in [1.29, 1.82) is 0 Å². The number of hydrogen-bond acceptors (Lipinski definition) is 4. The molecule has 0 saturated carbocycles. The highest BCUT2D eigenvalue weighted by atomic mass is 16.5. The lowest BCUT2D eigenvalue weighted by Crippen LogP contribution is -2.54. The van der Waals surface area contributed by atoms with Crippen molar-refractivity contribution in [3.63, 3.8) is 0 Å². The molecular formula is C9H18O4. The van der Waals surface area contributed by atoms with Crippen LogP contribution in [0.5, 0.6) is 0 Å². The minimum atomic E-state index is -0.842. The zero-order valence-corrected chi connectivity index (χ0v) is 8.30. The van der Waals surface area contributed by atoms with Crippen LogP contribution < -0.4 is 0 Å². The van der Waals surface area contributed by atoms with Gasteiger partial charge < -0.3 is 19.7 Å². The third kappa shape index (κ3) is 2.20. The minimum absolute atomic E-state index is 0.0388. The molecule has 0 amide bonds. The van der Waals surface area contributed by atoms with E-state index in [1.165, 1.54) is 0 Å². The summed E-state index contributed by atoms with van der Waals surface area (Å²) in [7, 11) is 1.55. The van der Waals surface area contributed by atoms with E-state index in [9.17, 15) is 10.2 Å². The first-order valence-electron chi connectivity index (χ1n) is 4.58. The van der Waals surface area contributed by atoms with Crippen LogP contribution in [0.1, 0.15) is 13.8 Å². The average Bonchev–Trinajstić information content (AvgIpc) is 2.11. The van der Waals surface area contributed by atoms with Gasteiger partial charge in [-0.25, -0.2) is 0 Å². The highest BCUT2D eigenvalue weighted by molar-refractivity contribution is 4.88. The van der Waals surface area contributed by atoms with Crippen LogP contribution >= 0.6 is 0 Å². The molecule has 2 N–H and O–H groups in total. The Morgan fingerprint density at radius 2 is 1.85 bits per heavy atom. The Bertz CT molecular complexity index is 162. The van der Waals surface area contributed by atoms with Crippen LogP contribution in [0.2, 0.25) is 0 Å². The predicted molar refractivity (Wildman–Crippen MR) is 47.4 cm³/mol. The standard InChI is InChI=1S/C9H18O4/c1-5-6(2)13-7(4-12-3)9(11)8(5)10/h5-11H,4H2,1-3H3/t5?,6-,7?,8-,9+/m1/s1. The zero-order valence-electron chi connectivity index (χ0n) is 8.30. The summed E-state index contributed by atoms with van der Waals surface area (Å²) in [4.78, 5) is 0. The lowest BCUT2D eigenvalue weighted by Gasteiger charge is -2.40. The van der Waals surface area contributed by atoms with E-state index in [1.54, 1.807) is 7.11 Å². The molecule has 1 aliphatic rings. The van der Waals surface area contributed by atoms with E-state index in [-0.39, 0.29) is 12.0 Å². The third-order valence-corrected chi connectivity index (χ3v) is 2.73. The maximum atomic E-state index is 9.63. The second-order valence-electron chi connectivity index (χ2n) is 3.68. The quantitative estimate of drug-likeness (QED) is 0.632. The van der Waals surface area contributed by atoms with Crippen LogP contribution in [-0.2, 0) is 9.47 Å². The molecule has 5 atom stereocenters. The fourth-order valence-corrected chi connectivity index (χ4v) is 1.59. The van der Waals surface area contributed by atoms with Crippen LogP contribution in [0, 0.1) is 5.92 Å². The first kappa shape index (κ1) is 10.9. The average molecular weight is 190 g/mol. The van der Waals surface area contributed by atoms with E-state index in [0.29, 0.717) is 6.61 Å². The molecule has 0 radical (unpaired) electrons. The van der Waals surface area contributed by atoms with Gasteiger partial charge in [0.1, 0.15) is 12.2 Å². The lowest BCUT2D eigenvalue weighted by molar-refractivity contribution is -0.202. The molecule has 13 heavy (non-hydrogen) atoms. The maximum Gasteiger partial charge on any atom is 0.110 e. The predicted octanol–water partition coefficient (Wildman–Crippen LogP) is -0.222. The Hall–Kier alpha value is -0.160. The molecule has 1 heterocycles. The Morgan fingerprint density at radius 1 is 1.23 bits per heavy atom. The lowest BCUT2D eigenvalue weighted by atomic mass is 9.89. The molecule has 4 nitrogen and oxygen atoms in total. The van der Waals surface area contributed by atoms with Crippen LogP contribution in [0.25, 0.3) is 0 Å². The van der Waals surface area contributed by atoms with E-state index < -0.39 is 18.3 Å². The Labute approximate surface area is 78.5 Å². The SMILES string of the molecule is COCC1O[C@H](C)C(C)[C@@H](O)[C@H]1O. The molecule has 0 aromatic rings. The summed E-state index contributed by atoms with van der Waals surface area (Å²) in [5.74, 6) is -0.0388. The largest absolute Gasteiger partial charge is 0.390 e. The van der Waals surface area contributed by atoms with Gasteiger partial charge in [-0.15, -0.1) is 0 Å². The second-order valence-corrected chi connectivity index (χ2v) is 3.68. The highest BCUT2D eigenvalue weighted by Crippen LogP contribution is 2.25. The molecule has 0 aliphatic carbocycles. The summed E-state index contributed by atoms with van der Waals surface area (Å²) in [6.45, 7) is 4.07. The van der Waals surface area contributed by atoms with Gasteiger partial charge in [0, 0.05) is 13.0 Å². The van der Waals surface area contributed by atoms with Crippen LogP contribution in [0.3, 0.4) is 0 Å². The fraction of sp³-hybridized carbons (Fsp3) is 1.00. The molecule has 0 aromatic heterocycles. The van der Waals surface area contributed by atoms with Crippen LogP contribution in [0.15, 0.2) is 0 Å². The molecule has 4 heteroatoms. The summed E-state index contributed by atoms with van der Waals surface area (Å²) in [6.07, 6.45) is -2.01. The molecule has 1 rings (SSSR count). The van der Waals surface area contributed by atoms with E-state index in [2.05, 4.69) is 0 Å². The summed E-state index contributed by atoms with van der Waals surface area (Å²) in [5, 5.41) is 19.2. The van der Waals surface area contributed by atoms with Gasteiger partial charge in [-0.3, -0.25) is 0 Å². The Kier molecular flexibility index (Phi) is 3.67. The number of aliphatic hydroxyl groups excluding tert-OH is 2. The topological polar surface area (TPSA) is 58.9 Å². The molecule has 78 valence electrons. The van der Waals surface area contributed by atoms with Crippen LogP contribution in [0.4, 0.5) is 0 Å². The smallest absolute Gasteiger partial charge is 0.110 e. The second kappa shape index (κ2) is 4.37. The summed E-state index contributed by atoms with van der Waals surface area (Å²) in [6, 6.07) is 0. The van der Waals surface area contributed by atoms with Crippen LogP contribution in [-0.4, -0.2) is 48.3 Å². The molecule has 1 saturated heterocycles. The van der Waals surface area contributed by atoms with Crippen molar-refractivity contribution in [3.8, 4) is 0 Å². The molecule has 1 fully saturated rings. The number of methoxy groups -OCH3 is 1. The van der Waals surface area contributed by atoms with Gasteiger partial charge >= 0.3 is 0 Å². The molecule has 1 aliphatic heterocycles. The van der Waals surface area contributed by atoms with E-state index >= 15 is 0 Å². The monoisotopic (exact) mass is 190 g/mol. The van der Waals surface area contributed by atoms with Gasteiger partial charge in [0.25, 0.3) is 0 Å². The minimum Gasteiger partial charge on any atom is -0.390 e. The summed E-state index contributed by atoms with van der Waals surface area (Å²) < 4.78 is 10.4. The van der Waals surface area contributed by atoms with Crippen molar-refractivity contribution >= 4 is 0 Å². The summed E-state index contributed by atoms with van der Waals surface area (Å²) >= 11 is 0. The van der Waals surface area contributed by atoms with Gasteiger partial charge in [-0.05, 0) is 6.92 Å². The molecule has 2 unspecified atom stereocenters. The molecule has 0 bridgehead atoms. The normalized spacial score (nSPS) is 46.4. The summed E-state index contributed by atoms with van der Waals surface area (Å²) in [5.41, 5.74) is 0. The number of aliphatic hydroxyl groups is 2. The zero-order chi connectivity index (χ0) is 10.0. The fourth-order valence-electron chi connectivity index (χ4n) is 1.59. The van der Waals surface area contributed by atoms with Gasteiger partial charge in [-0.2, -0.15) is 0 Å². The van der Waals surface area contributed by atoms with Crippen molar-refractivity contribution in [2.24, 2.45) is 5.92 Å². The number of hydrogen-bond donors (Lipinski definition) is 2. The first-order valence-corrected chi connectivity index (χ1v) is 4.58. The van der Waals surface area contributed by atoms with Gasteiger partial charge in [0.15, 0.2) is 0 Å². The Balaban J connectivity index is 2.59. The van der Waals surface area contributed by atoms with Gasteiger partial charge in [-0.1, -0.05) is 6.92 Å². The highest BCUT2D eigenvalue weighted by Gasteiger charge is 2.39. The number of ether oxygens (including phenoxy) is 2. The molecule has 0 spiro atoms. The van der Waals surface area contributed by atoms with E-state index in [1.807, 2.05) is 13.8 Å². The first-order chi connectivity index (χ1) is 6.07. The molecule has 0 aromatic carbocycles. The number of rotatable bonds is 2. The van der Waals surface area contributed by atoms with Gasteiger partial charge in [0.05, 0.1) is 18.8 Å². The van der Waals surface area contributed by atoms with Crippen molar-refractivity contribution in [1.82, 2.24) is 0 Å². The van der Waals surface area contributed by atoms with E-state index in [4.69, 9.17) is 9.47 Å². The van der Waals surface area contributed by atoms with Crippen molar-refractivity contribution in [2.75, 3.05) is 13.7 Å². The third-order valence-electron chi connectivity index (χ3n) is 2.73. The van der Waals surface area contributed by atoms with Gasteiger partial charge in [0.2, 0.25) is 0 Å². The maximum absolute atomic E-state index is 9.63. The van der Waals surface area contributed by atoms with Crippen molar-refractivity contribution in [2.45, 2.75) is 38.3 Å². The van der Waals surface area contributed by atoms with Crippen molar-refractivity contribution < 1.29 is 19.7 Å². The molecular weight excluding hydrogens is 172 g/mol. The Morgan fingerprint density at radius 3 is 2.38 bits per heavy atom. The van der Waals surface area contributed by atoms with Crippen molar-refractivity contribution in [3.05, 3.63) is 0 Å².